The van der Waals surface area contributed by atoms with Crippen LogP contribution in [0.3, 0.4) is 0 Å². The predicted octanol–water partition coefficient (Wildman–Crippen LogP) is 2.67. The molecule has 0 aliphatic rings. The van der Waals surface area contributed by atoms with Gasteiger partial charge in [-0.05, 0) is 24.0 Å². The van der Waals surface area contributed by atoms with Crippen LogP contribution in [0.25, 0.3) is 0 Å². The van der Waals surface area contributed by atoms with Crippen LogP contribution in [0.15, 0.2) is 18.2 Å². The van der Waals surface area contributed by atoms with Crippen LogP contribution in [0.4, 0.5) is 5.69 Å². The summed E-state index contributed by atoms with van der Waals surface area (Å²) in [4.78, 5) is 0. The summed E-state index contributed by atoms with van der Waals surface area (Å²) in [6.07, 6.45) is 0. The van der Waals surface area contributed by atoms with Crippen molar-refractivity contribution < 1.29 is 8.76 Å². The van der Waals surface area contributed by atoms with E-state index >= 15 is 0 Å². The molecule has 0 heterocycles. The van der Waals surface area contributed by atoms with Crippen molar-refractivity contribution in [3.05, 3.63) is 29.3 Å². The molecule has 3 nitrogen and oxygen atoms in total. The Morgan fingerprint density at radius 2 is 2.07 bits per heavy atom. The Morgan fingerprint density at radius 3 is 2.57 bits per heavy atom. The molecular formula is C10H15NO2S. The molecular weight excluding hydrogens is 198 g/mol. The number of nitrogens with one attached hydrogen (secondary N) is 1. The molecule has 1 rings (SSSR count). The van der Waals surface area contributed by atoms with E-state index in [0.717, 1.165) is 16.8 Å². The van der Waals surface area contributed by atoms with E-state index in [1.165, 1.54) is 0 Å². The van der Waals surface area contributed by atoms with Gasteiger partial charge in [-0.15, -0.1) is 0 Å². The van der Waals surface area contributed by atoms with Crippen molar-refractivity contribution in [2.75, 3.05) is 4.72 Å². The second-order valence-electron chi connectivity index (χ2n) is 3.55. The molecule has 1 atom stereocenters. The highest BCUT2D eigenvalue weighted by atomic mass is 32.2. The van der Waals surface area contributed by atoms with Crippen LogP contribution in [0.5, 0.6) is 0 Å². The first-order valence-corrected chi connectivity index (χ1v) is 5.60. The number of para-hydroxylation sites is 1. The van der Waals surface area contributed by atoms with Gasteiger partial charge in [-0.3, -0.25) is 9.27 Å². The molecule has 0 aliphatic carbocycles. The zero-order chi connectivity index (χ0) is 10.7. The molecule has 4 heteroatoms. The molecule has 14 heavy (non-hydrogen) atoms. The Kier molecular flexibility index (Phi) is 3.66. The standard InChI is InChI=1S/C10H15NO2S/c1-7(2)9-6-4-5-8(3)10(9)11-14(12)13/h4-7,11H,1-3H3,(H,12,13). The fraction of sp³-hybridized carbons (Fsp3) is 0.400. The van der Waals surface area contributed by atoms with E-state index in [4.69, 9.17) is 4.55 Å². The van der Waals surface area contributed by atoms with Crippen molar-refractivity contribution in [1.82, 2.24) is 0 Å². The first-order valence-electron chi connectivity index (χ1n) is 4.49. The van der Waals surface area contributed by atoms with Crippen LogP contribution in [-0.4, -0.2) is 8.76 Å². The van der Waals surface area contributed by atoms with Gasteiger partial charge in [0.05, 0.1) is 5.69 Å². The summed E-state index contributed by atoms with van der Waals surface area (Å²) in [5.41, 5.74) is 2.81. The largest absolute Gasteiger partial charge is 0.289 e. The molecule has 1 unspecified atom stereocenters. The summed E-state index contributed by atoms with van der Waals surface area (Å²) in [5, 5.41) is 0. The van der Waals surface area contributed by atoms with Crippen LogP contribution < -0.4 is 4.72 Å². The zero-order valence-corrected chi connectivity index (χ0v) is 9.39. The summed E-state index contributed by atoms with van der Waals surface area (Å²) >= 11 is -2.00. The minimum Gasteiger partial charge on any atom is -0.289 e. The third-order valence-corrected chi connectivity index (χ3v) is 2.50. The van der Waals surface area contributed by atoms with Crippen LogP contribution in [0.2, 0.25) is 0 Å². The maximum absolute atomic E-state index is 10.7. The van der Waals surface area contributed by atoms with E-state index in [1.54, 1.807) is 0 Å². The maximum Gasteiger partial charge on any atom is 0.259 e. The van der Waals surface area contributed by atoms with E-state index < -0.39 is 11.3 Å². The third kappa shape index (κ3) is 2.56. The minimum atomic E-state index is -2.00. The van der Waals surface area contributed by atoms with E-state index in [2.05, 4.69) is 18.6 Å². The van der Waals surface area contributed by atoms with Gasteiger partial charge < -0.3 is 0 Å². The summed E-state index contributed by atoms with van der Waals surface area (Å²) < 4.78 is 22.0. The van der Waals surface area contributed by atoms with E-state index in [1.807, 2.05) is 25.1 Å². The molecule has 0 bridgehead atoms. The van der Waals surface area contributed by atoms with Crippen molar-refractivity contribution in [2.45, 2.75) is 26.7 Å². The van der Waals surface area contributed by atoms with E-state index in [-0.39, 0.29) is 0 Å². The van der Waals surface area contributed by atoms with Gasteiger partial charge in [0.15, 0.2) is 0 Å². The Hall–Kier alpha value is -0.870. The Bertz CT molecular complexity index is 350. The third-order valence-electron chi connectivity index (χ3n) is 2.12. The number of hydrogen-bond acceptors (Lipinski definition) is 1. The highest BCUT2D eigenvalue weighted by molar-refractivity contribution is 7.80. The topological polar surface area (TPSA) is 49.3 Å². The molecule has 0 radical (unpaired) electrons. The summed E-state index contributed by atoms with van der Waals surface area (Å²) in [7, 11) is 0. The molecule has 1 aromatic rings. The molecule has 0 spiro atoms. The summed E-state index contributed by atoms with van der Waals surface area (Å²) in [6, 6.07) is 5.84. The van der Waals surface area contributed by atoms with Crippen LogP contribution in [-0.2, 0) is 11.3 Å². The van der Waals surface area contributed by atoms with E-state index in [0.29, 0.717) is 5.92 Å². The zero-order valence-electron chi connectivity index (χ0n) is 8.57. The van der Waals surface area contributed by atoms with Crippen molar-refractivity contribution in [3.63, 3.8) is 0 Å². The summed E-state index contributed by atoms with van der Waals surface area (Å²) in [5.74, 6) is 0.334. The van der Waals surface area contributed by atoms with Gasteiger partial charge in [-0.1, -0.05) is 32.0 Å². The molecule has 0 fully saturated rings. The van der Waals surface area contributed by atoms with Crippen molar-refractivity contribution in [1.29, 1.82) is 0 Å². The second-order valence-corrected chi connectivity index (χ2v) is 4.25. The number of hydrogen-bond donors (Lipinski definition) is 2. The highest BCUT2D eigenvalue weighted by Crippen LogP contribution is 2.27. The predicted molar refractivity (Wildman–Crippen MR) is 59.7 cm³/mol. The van der Waals surface area contributed by atoms with Gasteiger partial charge in [0, 0.05) is 0 Å². The van der Waals surface area contributed by atoms with Crippen LogP contribution in [0, 0.1) is 6.92 Å². The van der Waals surface area contributed by atoms with Crippen molar-refractivity contribution in [2.24, 2.45) is 0 Å². The average molecular weight is 213 g/mol. The van der Waals surface area contributed by atoms with Gasteiger partial charge in [-0.25, -0.2) is 4.21 Å². The maximum atomic E-state index is 10.7. The number of benzene rings is 1. The van der Waals surface area contributed by atoms with Gasteiger partial charge in [-0.2, -0.15) is 0 Å². The number of rotatable bonds is 3. The van der Waals surface area contributed by atoms with E-state index in [9.17, 15) is 4.21 Å². The molecule has 0 aliphatic heterocycles. The lowest BCUT2D eigenvalue weighted by atomic mass is 9.99. The molecule has 1 aromatic carbocycles. The molecule has 0 amide bonds. The van der Waals surface area contributed by atoms with Gasteiger partial charge in [0.2, 0.25) is 0 Å². The van der Waals surface area contributed by atoms with Crippen molar-refractivity contribution >= 4 is 17.0 Å². The Morgan fingerprint density at radius 1 is 1.43 bits per heavy atom. The Balaban J connectivity index is 3.15. The van der Waals surface area contributed by atoms with Gasteiger partial charge >= 0.3 is 0 Å². The smallest absolute Gasteiger partial charge is 0.259 e. The first kappa shape index (κ1) is 11.2. The molecule has 0 aromatic heterocycles. The lowest BCUT2D eigenvalue weighted by Crippen LogP contribution is -2.07. The van der Waals surface area contributed by atoms with Crippen molar-refractivity contribution in [3.8, 4) is 0 Å². The van der Waals surface area contributed by atoms with Crippen LogP contribution in [0.1, 0.15) is 30.9 Å². The Labute approximate surface area is 87.0 Å². The summed E-state index contributed by atoms with van der Waals surface area (Å²) in [6.45, 7) is 6.03. The number of aryl methyl sites for hydroxylation is 1. The second kappa shape index (κ2) is 4.57. The van der Waals surface area contributed by atoms with Crippen LogP contribution >= 0.6 is 0 Å². The molecule has 0 saturated heterocycles. The molecule has 2 N–H and O–H groups in total. The first-order chi connectivity index (χ1) is 6.52. The minimum absolute atomic E-state index is 0.334. The lowest BCUT2D eigenvalue weighted by Gasteiger charge is -2.14. The number of anilines is 1. The lowest BCUT2D eigenvalue weighted by molar-refractivity contribution is 0.570. The highest BCUT2D eigenvalue weighted by Gasteiger charge is 2.09. The quantitative estimate of drug-likeness (QED) is 0.758. The fourth-order valence-corrected chi connectivity index (χ4v) is 1.85. The fourth-order valence-electron chi connectivity index (χ4n) is 1.40. The normalized spacial score (nSPS) is 12.9. The monoisotopic (exact) mass is 213 g/mol. The van der Waals surface area contributed by atoms with Gasteiger partial charge in [0.1, 0.15) is 0 Å². The average Bonchev–Trinajstić information content (AvgIpc) is 2.07. The van der Waals surface area contributed by atoms with Gasteiger partial charge in [0.25, 0.3) is 11.3 Å². The molecule has 0 saturated carbocycles. The SMILES string of the molecule is Cc1cccc(C(C)C)c1NS(=O)O. The molecule has 78 valence electrons.